The van der Waals surface area contributed by atoms with Crippen molar-refractivity contribution in [3.8, 4) is 11.6 Å². The Morgan fingerprint density at radius 2 is 1.91 bits per heavy atom. The summed E-state index contributed by atoms with van der Waals surface area (Å²) < 4.78 is 19.7. The highest BCUT2D eigenvalue weighted by Gasteiger charge is 2.26. The van der Waals surface area contributed by atoms with Crippen LogP contribution in [0.2, 0.25) is 0 Å². The molecule has 1 amide bonds. The molecule has 1 saturated heterocycles. The molecule has 0 aliphatic carbocycles. The summed E-state index contributed by atoms with van der Waals surface area (Å²) in [5, 5.41) is 7.29. The first-order chi connectivity index (χ1) is 16.5. The molecule has 3 aromatic heterocycles. The summed E-state index contributed by atoms with van der Waals surface area (Å²) in [6.45, 7) is 5.16. The molecule has 4 aromatic rings. The van der Waals surface area contributed by atoms with Crippen molar-refractivity contribution in [2.75, 3.05) is 37.2 Å². The molecule has 176 valence electrons. The quantitative estimate of drug-likeness (QED) is 0.436. The van der Waals surface area contributed by atoms with Crippen LogP contribution in [-0.4, -0.2) is 72.5 Å². The maximum atomic E-state index is 13.1. The maximum Gasteiger partial charge on any atom is 0.259 e. The number of anilines is 2. The minimum Gasteiger partial charge on any atom is -0.461 e. The third-order valence-electron chi connectivity index (χ3n) is 5.69. The van der Waals surface area contributed by atoms with Gasteiger partial charge in [0.15, 0.2) is 5.76 Å². The smallest absolute Gasteiger partial charge is 0.259 e. The van der Waals surface area contributed by atoms with Gasteiger partial charge >= 0.3 is 0 Å². The monoisotopic (exact) mass is 465 g/mol. The lowest BCUT2D eigenvalue weighted by Crippen LogP contribution is -2.52. The molecule has 1 atom stereocenters. The molecule has 1 aliphatic rings. The minimum absolute atomic E-state index is 0.0544. The first-order valence-corrected chi connectivity index (χ1v) is 10.9. The van der Waals surface area contributed by atoms with Gasteiger partial charge in [-0.1, -0.05) is 12.1 Å². The van der Waals surface area contributed by atoms with E-state index in [1.54, 1.807) is 31.2 Å². The number of benzene rings is 1. The number of carbonyl (C=O) groups is 1. The van der Waals surface area contributed by atoms with Crippen LogP contribution in [0.1, 0.15) is 12.5 Å². The zero-order chi connectivity index (χ0) is 23.7. The minimum atomic E-state index is -0.557. The number of amides is 1. The van der Waals surface area contributed by atoms with Crippen molar-refractivity contribution in [1.29, 1.82) is 0 Å². The molecule has 3 N–H and O–H groups in total. The lowest BCUT2D eigenvalue weighted by Gasteiger charge is -2.36. The highest BCUT2D eigenvalue weighted by molar-refractivity contribution is 5.84. The van der Waals surface area contributed by atoms with Crippen molar-refractivity contribution in [2.45, 2.75) is 19.5 Å². The van der Waals surface area contributed by atoms with Gasteiger partial charge in [-0.15, -0.1) is 5.10 Å². The molecular weight excluding hydrogens is 441 g/mol. The molecule has 5 rings (SSSR count). The van der Waals surface area contributed by atoms with Crippen LogP contribution in [-0.2, 0) is 11.3 Å². The van der Waals surface area contributed by atoms with Crippen LogP contribution < -0.4 is 11.1 Å². The summed E-state index contributed by atoms with van der Waals surface area (Å²) in [4.78, 5) is 29.9. The van der Waals surface area contributed by atoms with E-state index in [0.717, 1.165) is 25.2 Å². The van der Waals surface area contributed by atoms with E-state index in [2.05, 4.69) is 30.3 Å². The van der Waals surface area contributed by atoms with E-state index in [-0.39, 0.29) is 29.4 Å². The van der Waals surface area contributed by atoms with E-state index in [1.807, 2.05) is 4.90 Å². The van der Waals surface area contributed by atoms with Crippen LogP contribution >= 0.6 is 0 Å². The molecule has 0 radical (unpaired) electrons. The molecule has 1 aliphatic heterocycles. The fraction of sp³-hybridized carbons (Fsp3) is 0.318. The SMILES string of the molecule is C[C@H](Nc1nc(N)n2nc(-c3ccco3)nc2n1)C(=O)N1CCN(Cc2ccc(F)cc2)CC1. The number of hydrogen-bond donors (Lipinski definition) is 2. The molecular formula is C22H24FN9O2. The Kier molecular flexibility index (Phi) is 5.80. The summed E-state index contributed by atoms with van der Waals surface area (Å²) in [6.07, 6.45) is 1.53. The number of fused-ring (bicyclic) bond motifs is 1. The van der Waals surface area contributed by atoms with Gasteiger partial charge in [-0.25, -0.2) is 4.39 Å². The number of rotatable bonds is 6. The largest absolute Gasteiger partial charge is 0.461 e. The van der Waals surface area contributed by atoms with Gasteiger partial charge in [0.25, 0.3) is 5.78 Å². The van der Waals surface area contributed by atoms with Gasteiger partial charge in [-0.05, 0) is 36.8 Å². The van der Waals surface area contributed by atoms with Crippen LogP contribution in [0, 0.1) is 5.82 Å². The zero-order valence-corrected chi connectivity index (χ0v) is 18.6. The lowest BCUT2D eigenvalue weighted by atomic mass is 10.2. The van der Waals surface area contributed by atoms with Crippen molar-refractivity contribution in [2.24, 2.45) is 0 Å². The molecule has 11 nitrogen and oxygen atoms in total. The number of nitrogen functional groups attached to an aromatic ring is 1. The highest BCUT2D eigenvalue weighted by atomic mass is 19.1. The highest BCUT2D eigenvalue weighted by Crippen LogP contribution is 2.18. The van der Waals surface area contributed by atoms with E-state index < -0.39 is 6.04 Å². The van der Waals surface area contributed by atoms with Crippen LogP contribution in [0.4, 0.5) is 16.3 Å². The Bertz CT molecular complexity index is 1280. The Morgan fingerprint density at radius 1 is 1.15 bits per heavy atom. The number of aromatic nitrogens is 5. The normalized spacial score (nSPS) is 15.5. The molecule has 34 heavy (non-hydrogen) atoms. The molecule has 1 fully saturated rings. The van der Waals surface area contributed by atoms with Crippen molar-refractivity contribution in [3.05, 3.63) is 54.0 Å². The van der Waals surface area contributed by atoms with Gasteiger partial charge in [0.05, 0.1) is 6.26 Å². The topological polar surface area (TPSA) is 131 Å². The standard InChI is InChI=1S/C22H24FN9O2/c1-14(19(33)31-10-8-30(9-11-31)13-15-4-6-16(23)7-5-15)25-21-27-20(24)32-22(28-21)26-18(29-32)17-3-2-12-34-17/h2-7,12,14H,8-11,13H2,1H3,(H3,24,25,26,27,28,29)/t14-/m0/s1. The summed E-state index contributed by atoms with van der Waals surface area (Å²) in [5.41, 5.74) is 7.07. The number of nitrogens with one attached hydrogen (secondary N) is 1. The Hall–Kier alpha value is -4.06. The van der Waals surface area contributed by atoms with Gasteiger partial charge in [0, 0.05) is 32.7 Å². The lowest BCUT2D eigenvalue weighted by molar-refractivity contribution is -0.133. The summed E-state index contributed by atoms with van der Waals surface area (Å²) >= 11 is 0. The molecule has 0 saturated carbocycles. The van der Waals surface area contributed by atoms with Crippen molar-refractivity contribution < 1.29 is 13.6 Å². The molecule has 0 unspecified atom stereocenters. The predicted octanol–water partition coefficient (Wildman–Crippen LogP) is 1.65. The van der Waals surface area contributed by atoms with Gasteiger partial charge < -0.3 is 20.4 Å². The van der Waals surface area contributed by atoms with Gasteiger partial charge in [0.1, 0.15) is 11.9 Å². The number of nitrogens with two attached hydrogens (primary N) is 1. The molecule has 1 aromatic carbocycles. The average Bonchev–Trinajstić information content (AvgIpc) is 3.51. The van der Waals surface area contributed by atoms with Gasteiger partial charge in [0.2, 0.25) is 23.6 Å². The third kappa shape index (κ3) is 4.53. The second kappa shape index (κ2) is 9.06. The number of piperazine rings is 1. The number of halogens is 1. The molecule has 4 heterocycles. The fourth-order valence-corrected chi connectivity index (χ4v) is 3.88. The first-order valence-electron chi connectivity index (χ1n) is 10.9. The van der Waals surface area contributed by atoms with E-state index in [4.69, 9.17) is 10.2 Å². The van der Waals surface area contributed by atoms with Crippen LogP contribution in [0.5, 0.6) is 0 Å². The maximum absolute atomic E-state index is 13.1. The van der Waals surface area contributed by atoms with Gasteiger partial charge in [-0.3, -0.25) is 9.69 Å². The molecule has 12 heteroatoms. The van der Waals surface area contributed by atoms with Crippen molar-refractivity contribution >= 4 is 23.6 Å². The van der Waals surface area contributed by atoms with Gasteiger partial charge in [-0.2, -0.15) is 19.5 Å². The van der Waals surface area contributed by atoms with E-state index in [9.17, 15) is 9.18 Å². The van der Waals surface area contributed by atoms with E-state index >= 15 is 0 Å². The summed E-state index contributed by atoms with van der Waals surface area (Å²) in [5.74, 6) is 1.06. The number of hydrogen-bond acceptors (Lipinski definition) is 9. The van der Waals surface area contributed by atoms with E-state index in [0.29, 0.717) is 24.7 Å². The second-order valence-corrected chi connectivity index (χ2v) is 8.12. The first kappa shape index (κ1) is 21.8. The second-order valence-electron chi connectivity index (χ2n) is 8.12. The summed E-state index contributed by atoms with van der Waals surface area (Å²) in [7, 11) is 0. The van der Waals surface area contributed by atoms with Crippen molar-refractivity contribution in [1.82, 2.24) is 34.4 Å². The fourth-order valence-electron chi connectivity index (χ4n) is 3.88. The average molecular weight is 465 g/mol. The van der Waals surface area contributed by atoms with Crippen LogP contribution in [0.15, 0.2) is 47.1 Å². The van der Waals surface area contributed by atoms with Crippen LogP contribution in [0.25, 0.3) is 17.4 Å². The third-order valence-corrected chi connectivity index (χ3v) is 5.69. The summed E-state index contributed by atoms with van der Waals surface area (Å²) in [6, 6.07) is 9.41. The Balaban J connectivity index is 1.20. The van der Waals surface area contributed by atoms with E-state index in [1.165, 1.54) is 22.9 Å². The number of carbonyl (C=O) groups excluding carboxylic acids is 1. The number of furan rings is 1. The number of nitrogens with zero attached hydrogens (tertiary/aromatic N) is 7. The molecule has 0 bridgehead atoms. The van der Waals surface area contributed by atoms with Crippen LogP contribution in [0.3, 0.4) is 0 Å². The zero-order valence-electron chi connectivity index (χ0n) is 18.6. The Labute approximate surface area is 194 Å². The molecule has 0 spiro atoms. The predicted molar refractivity (Wildman–Crippen MR) is 122 cm³/mol. The Morgan fingerprint density at radius 3 is 2.62 bits per heavy atom. The van der Waals surface area contributed by atoms with Crippen molar-refractivity contribution in [3.63, 3.8) is 0 Å².